The number of hydrogen-bond acceptors (Lipinski definition) is 5. The summed E-state index contributed by atoms with van der Waals surface area (Å²) >= 11 is 1.49. The number of aromatic nitrogens is 2. The summed E-state index contributed by atoms with van der Waals surface area (Å²) in [6.07, 6.45) is 2.57. The zero-order valence-electron chi connectivity index (χ0n) is 10.3. The molecular weight excluding hydrogens is 248 g/mol. The second-order valence-electron chi connectivity index (χ2n) is 3.78. The minimum absolute atomic E-state index is 0.0996. The lowest BCUT2D eigenvalue weighted by molar-refractivity contribution is 0.0995. The molecule has 0 bridgehead atoms. The lowest BCUT2D eigenvalue weighted by Gasteiger charge is -2.02. The summed E-state index contributed by atoms with van der Waals surface area (Å²) in [5.74, 6) is 0.581. The van der Waals surface area contributed by atoms with Gasteiger partial charge in [0, 0.05) is 6.07 Å². The highest BCUT2D eigenvalue weighted by Gasteiger charge is 2.13. The van der Waals surface area contributed by atoms with Crippen LogP contribution in [-0.2, 0) is 12.8 Å². The Bertz CT molecular complexity index is 551. The Kier molecular flexibility index (Phi) is 4.04. The van der Waals surface area contributed by atoms with Gasteiger partial charge in [0.2, 0.25) is 5.88 Å². The van der Waals surface area contributed by atoms with Crippen LogP contribution in [0.1, 0.15) is 27.9 Å². The minimum Gasteiger partial charge on any atom is -0.481 e. The van der Waals surface area contributed by atoms with Gasteiger partial charge in [-0.1, -0.05) is 6.92 Å². The molecule has 2 rings (SSSR count). The highest BCUT2D eigenvalue weighted by molar-refractivity contribution is 7.12. The van der Waals surface area contributed by atoms with E-state index in [4.69, 9.17) is 4.74 Å². The molecule has 0 saturated carbocycles. The van der Waals surface area contributed by atoms with Gasteiger partial charge in [-0.05, 0) is 23.4 Å². The van der Waals surface area contributed by atoms with Crippen LogP contribution in [-0.4, -0.2) is 22.9 Å². The molecule has 2 heterocycles. The molecule has 0 unspecified atom stereocenters. The Balaban J connectivity index is 2.16. The molecular formula is C13H14N2O2S. The molecule has 0 aliphatic carbocycles. The van der Waals surface area contributed by atoms with Crippen molar-refractivity contribution in [2.24, 2.45) is 0 Å². The van der Waals surface area contributed by atoms with Crippen molar-refractivity contribution in [1.29, 1.82) is 0 Å². The molecule has 0 atom stereocenters. The molecule has 5 heteroatoms. The van der Waals surface area contributed by atoms with Gasteiger partial charge in [0.1, 0.15) is 6.33 Å². The van der Waals surface area contributed by atoms with E-state index in [9.17, 15) is 4.79 Å². The van der Waals surface area contributed by atoms with Crippen molar-refractivity contribution in [3.05, 3.63) is 40.0 Å². The monoisotopic (exact) mass is 262 g/mol. The Morgan fingerprint density at radius 2 is 2.28 bits per heavy atom. The third-order valence-corrected chi connectivity index (χ3v) is 3.63. The molecule has 0 fully saturated rings. The molecule has 94 valence electrons. The van der Waals surface area contributed by atoms with Crippen LogP contribution in [0.25, 0.3) is 0 Å². The topological polar surface area (TPSA) is 52.1 Å². The van der Waals surface area contributed by atoms with Crippen molar-refractivity contribution in [2.45, 2.75) is 19.8 Å². The quantitative estimate of drug-likeness (QED) is 0.777. The molecule has 18 heavy (non-hydrogen) atoms. The van der Waals surface area contributed by atoms with E-state index < -0.39 is 0 Å². The lowest BCUT2D eigenvalue weighted by Crippen LogP contribution is -2.06. The third-order valence-electron chi connectivity index (χ3n) is 2.63. The summed E-state index contributed by atoms with van der Waals surface area (Å²) in [7, 11) is 1.54. The van der Waals surface area contributed by atoms with E-state index in [1.807, 2.05) is 18.4 Å². The maximum Gasteiger partial charge on any atom is 0.216 e. The third kappa shape index (κ3) is 2.73. The minimum atomic E-state index is 0.0996. The van der Waals surface area contributed by atoms with Crippen LogP contribution in [0.5, 0.6) is 5.88 Å². The first-order valence-corrected chi connectivity index (χ1v) is 6.57. The second kappa shape index (κ2) is 5.73. The molecule has 0 aliphatic rings. The highest BCUT2D eigenvalue weighted by Crippen LogP contribution is 2.19. The normalized spacial score (nSPS) is 10.3. The zero-order valence-corrected chi connectivity index (χ0v) is 11.2. The number of aryl methyl sites for hydroxylation is 1. The van der Waals surface area contributed by atoms with Gasteiger partial charge in [0.15, 0.2) is 5.78 Å². The number of carbonyl (C=O) groups excluding carboxylic acids is 1. The molecule has 2 aromatic heterocycles. The summed E-state index contributed by atoms with van der Waals surface area (Å²) in [4.78, 5) is 21.0. The average Bonchev–Trinajstić information content (AvgIpc) is 2.87. The summed E-state index contributed by atoms with van der Waals surface area (Å²) < 4.78 is 5.01. The first-order chi connectivity index (χ1) is 8.74. The molecule has 0 amide bonds. The van der Waals surface area contributed by atoms with E-state index in [1.165, 1.54) is 17.7 Å². The van der Waals surface area contributed by atoms with Crippen molar-refractivity contribution in [3.63, 3.8) is 0 Å². The van der Waals surface area contributed by atoms with Crippen LogP contribution in [0.4, 0.5) is 0 Å². The molecule has 2 aromatic rings. The van der Waals surface area contributed by atoms with Crippen LogP contribution in [0.3, 0.4) is 0 Å². The van der Waals surface area contributed by atoms with E-state index in [1.54, 1.807) is 13.2 Å². The summed E-state index contributed by atoms with van der Waals surface area (Å²) in [6.45, 7) is 2.05. The van der Waals surface area contributed by atoms with Crippen LogP contribution in [0.15, 0.2) is 23.8 Å². The van der Waals surface area contributed by atoms with Crippen LogP contribution in [0.2, 0.25) is 0 Å². The SMILES string of the molecule is CCc1ccsc1C(=O)Cc1cc(OC)ncn1. The fraction of sp³-hybridized carbons (Fsp3) is 0.308. The van der Waals surface area contributed by atoms with Gasteiger partial charge >= 0.3 is 0 Å². The molecule has 0 aromatic carbocycles. The fourth-order valence-corrected chi connectivity index (χ4v) is 2.62. The number of carbonyl (C=O) groups is 1. The average molecular weight is 262 g/mol. The second-order valence-corrected chi connectivity index (χ2v) is 4.70. The van der Waals surface area contributed by atoms with Crippen LogP contribution in [0, 0.1) is 0 Å². The number of methoxy groups -OCH3 is 1. The van der Waals surface area contributed by atoms with Gasteiger partial charge in [-0.2, -0.15) is 0 Å². The summed E-state index contributed by atoms with van der Waals surface area (Å²) in [6, 6.07) is 3.69. The number of nitrogens with zero attached hydrogens (tertiary/aromatic N) is 2. The van der Waals surface area contributed by atoms with E-state index in [-0.39, 0.29) is 12.2 Å². The summed E-state index contributed by atoms with van der Waals surface area (Å²) in [5, 5.41) is 1.95. The van der Waals surface area contributed by atoms with E-state index >= 15 is 0 Å². The number of Topliss-reactive ketones (excluding diaryl/α,β-unsaturated/α-hetero) is 1. The largest absolute Gasteiger partial charge is 0.481 e. The van der Waals surface area contributed by atoms with Crippen molar-refractivity contribution >= 4 is 17.1 Å². The van der Waals surface area contributed by atoms with Crippen molar-refractivity contribution in [1.82, 2.24) is 9.97 Å². The maximum atomic E-state index is 12.2. The Morgan fingerprint density at radius 3 is 3.00 bits per heavy atom. The fourth-order valence-electron chi connectivity index (χ4n) is 1.69. The van der Waals surface area contributed by atoms with Gasteiger partial charge in [0.25, 0.3) is 0 Å². The van der Waals surface area contributed by atoms with Gasteiger partial charge in [0.05, 0.1) is 24.1 Å². The van der Waals surface area contributed by atoms with E-state index in [0.717, 1.165) is 16.9 Å². The Labute approximate surface area is 110 Å². The molecule has 0 spiro atoms. The molecule has 0 aliphatic heterocycles. The lowest BCUT2D eigenvalue weighted by atomic mass is 10.1. The number of ketones is 1. The first kappa shape index (κ1) is 12.7. The Hall–Kier alpha value is -1.75. The van der Waals surface area contributed by atoms with Crippen molar-refractivity contribution < 1.29 is 9.53 Å². The number of thiophene rings is 1. The van der Waals surface area contributed by atoms with Crippen LogP contribution >= 0.6 is 11.3 Å². The maximum absolute atomic E-state index is 12.2. The summed E-state index contributed by atoms with van der Waals surface area (Å²) in [5.41, 5.74) is 1.79. The molecule has 0 N–H and O–H groups in total. The van der Waals surface area contributed by atoms with Gasteiger partial charge < -0.3 is 4.74 Å². The van der Waals surface area contributed by atoms with Crippen molar-refractivity contribution in [2.75, 3.05) is 7.11 Å². The zero-order chi connectivity index (χ0) is 13.0. The van der Waals surface area contributed by atoms with Gasteiger partial charge in [-0.25, -0.2) is 9.97 Å². The standard InChI is InChI=1S/C13H14N2O2S/c1-3-9-4-5-18-13(9)11(16)6-10-7-12(17-2)15-8-14-10/h4-5,7-8H,3,6H2,1-2H3. The molecule has 0 radical (unpaired) electrons. The molecule has 4 nitrogen and oxygen atoms in total. The Morgan fingerprint density at radius 1 is 1.44 bits per heavy atom. The van der Waals surface area contributed by atoms with E-state index in [2.05, 4.69) is 9.97 Å². The highest BCUT2D eigenvalue weighted by atomic mass is 32.1. The van der Waals surface area contributed by atoms with Crippen molar-refractivity contribution in [3.8, 4) is 5.88 Å². The van der Waals surface area contributed by atoms with Gasteiger partial charge in [-0.3, -0.25) is 4.79 Å². The number of hydrogen-bond donors (Lipinski definition) is 0. The predicted octanol–water partition coefficient (Wildman–Crippen LogP) is 2.53. The predicted molar refractivity (Wildman–Crippen MR) is 70.3 cm³/mol. The van der Waals surface area contributed by atoms with Gasteiger partial charge in [-0.15, -0.1) is 11.3 Å². The number of rotatable bonds is 5. The smallest absolute Gasteiger partial charge is 0.216 e. The van der Waals surface area contributed by atoms with Crippen LogP contribution < -0.4 is 4.74 Å². The van der Waals surface area contributed by atoms with E-state index in [0.29, 0.717) is 11.6 Å². The first-order valence-electron chi connectivity index (χ1n) is 5.69. The molecule has 0 saturated heterocycles. The number of ether oxygens (including phenoxy) is 1.